The number of ether oxygens (including phenoxy) is 1. The van der Waals surface area contributed by atoms with Crippen molar-refractivity contribution in [2.24, 2.45) is 0 Å². The molecular weight excluding hydrogens is 317 g/mol. The van der Waals surface area contributed by atoms with Gasteiger partial charge >= 0.3 is 21.6 Å². The van der Waals surface area contributed by atoms with E-state index in [0.29, 0.717) is 0 Å². The number of carbonyl (C=O) groups excluding carboxylic acids is 1. The summed E-state index contributed by atoms with van der Waals surface area (Å²) >= 11 is 0. The van der Waals surface area contributed by atoms with Crippen molar-refractivity contribution in [3.05, 3.63) is 22.8 Å². The van der Waals surface area contributed by atoms with E-state index < -0.39 is 33.1 Å². The molecular formula is C11H9F3O6S. The van der Waals surface area contributed by atoms with E-state index in [1.165, 1.54) is 6.92 Å². The monoisotopic (exact) mass is 326 g/mol. The van der Waals surface area contributed by atoms with Crippen molar-refractivity contribution in [3.63, 3.8) is 0 Å². The van der Waals surface area contributed by atoms with E-state index >= 15 is 0 Å². The van der Waals surface area contributed by atoms with E-state index in [1.54, 1.807) is 0 Å². The first kappa shape index (κ1) is 15.4. The molecule has 1 heterocycles. The van der Waals surface area contributed by atoms with Crippen LogP contribution in [0.25, 0.3) is 0 Å². The lowest BCUT2D eigenvalue weighted by molar-refractivity contribution is -0.0500. The summed E-state index contributed by atoms with van der Waals surface area (Å²) in [6, 6.07) is 0.947. The number of cyclic esters (lactones) is 1. The van der Waals surface area contributed by atoms with Crippen LogP contribution in [0.5, 0.6) is 11.5 Å². The lowest BCUT2D eigenvalue weighted by Gasteiger charge is -2.14. The summed E-state index contributed by atoms with van der Waals surface area (Å²) in [6.07, 6.45) is -0.0465. The molecule has 116 valence electrons. The Morgan fingerprint density at radius 3 is 2.57 bits per heavy atom. The fraction of sp³-hybridized carbons (Fsp3) is 0.364. The van der Waals surface area contributed by atoms with Gasteiger partial charge in [0.15, 0.2) is 0 Å². The molecule has 0 saturated heterocycles. The van der Waals surface area contributed by atoms with Gasteiger partial charge in [0.2, 0.25) is 0 Å². The zero-order chi connectivity index (χ0) is 16.0. The molecule has 1 aliphatic rings. The maximum atomic E-state index is 12.3. The van der Waals surface area contributed by atoms with E-state index in [1.807, 2.05) is 0 Å². The number of hydrogen-bond donors (Lipinski definition) is 1. The normalized spacial score (nSPS) is 14.8. The van der Waals surface area contributed by atoms with Crippen molar-refractivity contribution in [1.29, 1.82) is 0 Å². The van der Waals surface area contributed by atoms with Gasteiger partial charge in [0.1, 0.15) is 23.7 Å². The third-order valence-electron chi connectivity index (χ3n) is 2.85. The summed E-state index contributed by atoms with van der Waals surface area (Å²) in [5.41, 5.74) is -5.95. The minimum absolute atomic E-state index is 0.0465. The molecule has 0 amide bonds. The van der Waals surface area contributed by atoms with E-state index in [-0.39, 0.29) is 29.7 Å². The number of benzene rings is 1. The molecule has 0 spiro atoms. The molecule has 0 fully saturated rings. The largest absolute Gasteiger partial charge is 0.534 e. The van der Waals surface area contributed by atoms with Crippen LogP contribution in [-0.2, 0) is 27.9 Å². The van der Waals surface area contributed by atoms with Gasteiger partial charge in [0.05, 0.1) is 0 Å². The Bertz CT molecular complexity index is 708. The number of phenols is 1. The van der Waals surface area contributed by atoms with Crippen LogP contribution in [0.15, 0.2) is 6.07 Å². The molecule has 1 aromatic carbocycles. The number of phenolic OH excluding ortho intramolecular Hbond substituents is 1. The van der Waals surface area contributed by atoms with Crippen molar-refractivity contribution < 1.29 is 40.4 Å². The molecule has 10 heteroatoms. The van der Waals surface area contributed by atoms with Crippen molar-refractivity contribution in [3.8, 4) is 11.5 Å². The van der Waals surface area contributed by atoms with Crippen molar-refractivity contribution >= 4 is 16.1 Å². The summed E-state index contributed by atoms with van der Waals surface area (Å²) in [7, 11) is -5.87. The molecule has 0 aromatic heterocycles. The number of hydrogen-bond acceptors (Lipinski definition) is 6. The minimum atomic E-state index is -5.87. The van der Waals surface area contributed by atoms with Gasteiger partial charge in [-0.3, -0.25) is 0 Å². The summed E-state index contributed by atoms with van der Waals surface area (Å²) in [5.74, 6) is -2.14. The first-order chi connectivity index (χ1) is 9.58. The van der Waals surface area contributed by atoms with Crippen LogP contribution in [-0.4, -0.2) is 25.0 Å². The number of alkyl halides is 3. The zero-order valence-electron chi connectivity index (χ0n) is 10.5. The molecule has 0 saturated carbocycles. The summed E-state index contributed by atoms with van der Waals surface area (Å²) < 4.78 is 67.8. The van der Waals surface area contributed by atoms with Crippen LogP contribution in [0.4, 0.5) is 13.2 Å². The van der Waals surface area contributed by atoms with Gasteiger partial charge in [0.25, 0.3) is 0 Å². The van der Waals surface area contributed by atoms with Crippen LogP contribution in [0, 0.1) is 0 Å². The molecule has 0 bridgehead atoms. The van der Waals surface area contributed by atoms with Crippen LogP contribution in [0.2, 0.25) is 0 Å². The smallest absolute Gasteiger partial charge is 0.507 e. The minimum Gasteiger partial charge on any atom is -0.507 e. The number of halogens is 3. The van der Waals surface area contributed by atoms with Gasteiger partial charge in [0, 0.05) is 11.1 Å². The SMILES string of the molecule is CCc1c(OS(=O)(=O)C(F)(F)F)cc2c(c1O)C(=O)OC2. The number of rotatable bonds is 3. The zero-order valence-corrected chi connectivity index (χ0v) is 11.3. The fourth-order valence-electron chi connectivity index (χ4n) is 1.88. The fourth-order valence-corrected chi connectivity index (χ4v) is 2.36. The summed E-state index contributed by atoms with van der Waals surface area (Å²) in [4.78, 5) is 11.4. The van der Waals surface area contributed by atoms with Crippen LogP contribution >= 0.6 is 0 Å². The summed E-state index contributed by atoms with van der Waals surface area (Å²) in [5, 5.41) is 9.90. The van der Waals surface area contributed by atoms with Gasteiger partial charge in [-0.2, -0.15) is 21.6 Å². The van der Waals surface area contributed by atoms with E-state index in [2.05, 4.69) is 8.92 Å². The highest BCUT2D eigenvalue weighted by Gasteiger charge is 2.49. The van der Waals surface area contributed by atoms with Crippen molar-refractivity contribution in [2.75, 3.05) is 0 Å². The first-order valence-corrected chi connectivity index (χ1v) is 7.05. The van der Waals surface area contributed by atoms with Gasteiger partial charge in [-0.05, 0) is 12.5 Å². The molecule has 1 N–H and O–H groups in total. The maximum absolute atomic E-state index is 12.3. The van der Waals surface area contributed by atoms with Gasteiger partial charge in [-0.15, -0.1) is 0 Å². The number of esters is 1. The molecule has 2 rings (SSSR count). The van der Waals surface area contributed by atoms with Crippen molar-refractivity contribution in [1.82, 2.24) is 0 Å². The van der Waals surface area contributed by atoms with E-state index in [4.69, 9.17) is 0 Å². The predicted molar refractivity (Wildman–Crippen MR) is 62.2 cm³/mol. The maximum Gasteiger partial charge on any atom is 0.534 e. The number of aromatic hydroxyl groups is 1. The lowest BCUT2D eigenvalue weighted by Crippen LogP contribution is -2.28. The third-order valence-corrected chi connectivity index (χ3v) is 3.81. The quantitative estimate of drug-likeness (QED) is 0.518. The second-order valence-corrected chi connectivity index (χ2v) is 5.69. The Hall–Kier alpha value is -1.97. The molecule has 6 nitrogen and oxygen atoms in total. The highest BCUT2D eigenvalue weighted by molar-refractivity contribution is 7.88. The first-order valence-electron chi connectivity index (χ1n) is 5.64. The standard InChI is InChI=1S/C11H9F3O6S/c1-2-6-7(20-21(17,18)11(12,13)14)3-5-4-19-10(16)8(5)9(6)15/h3,15H,2,4H2,1H3. The molecule has 1 aliphatic heterocycles. The second kappa shape index (κ2) is 4.79. The highest BCUT2D eigenvalue weighted by atomic mass is 32.2. The van der Waals surface area contributed by atoms with Gasteiger partial charge in [-0.25, -0.2) is 4.79 Å². The Labute approximate surface area is 117 Å². The van der Waals surface area contributed by atoms with Gasteiger partial charge in [-0.1, -0.05) is 6.92 Å². The average Bonchev–Trinajstić information content (AvgIpc) is 2.69. The van der Waals surface area contributed by atoms with Crippen molar-refractivity contribution in [2.45, 2.75) is 25.5 Å². The molecule has 1 aromatic rings. The number of carbonyl (C=O) groups is 1. The average molecular weight is 326 g/mol. The van der Waals surface area contributed by atoms with Gasteiger partial charge < -0.3 is 14.0 Å². The van der Waals surface area contributed by atoms with Crippen LogP contribution in [0.3, 0.4) is 0 Å². The highest BCUT2D eigenvalue weighted by Crippen LogP contribution is 2.40. The molecule has 21 heavy (non-hydrogen) atoms. The molecule has 0 unspecified atom stereocenters. The van der Waals surface area contributed by atoms with Crippen LogP contribution in [0.1, 0.15) is 28.4 Å². The van der Waals surface area contributed by atoms with E-state index in [9.17, 15) is 31.5 Å². The Balaban J connectivity index is 2.57. The predicted octanol–water partition coefficient (Wildman–Crippen LogP) is 1.85. The molecule has 0 radical (unpaired) electrons. The molecule has 0 atom stereocenters. The van der Waals surface area contributed by atoms with Crippen LogP contribution < -0.4 is 4.18 Å². The Morgan fingerprint density at radius 1 is 1.43 bits per heavy atom. The summed E-state index contributed by atoms with van der Waals surface area (Å²) in [6.45, 7) is 1.17. The topological polar surface area (TPSA) is 89.9 Å². The Kier molecular flexibility index (Phi) is 3.52. The number of fused-ring (bicyclic) bond motifs is 1. The second-order valence-electron chi connectivity index (χ2n) is 4.15. The Morgan fingerprint density at radius 2 is 2.05 bits per heavy atom. The lowest BCUT2D eigenvalue weighted by atomic mass is 10.0. The van der Waals surface area contributed by atoms with E-state index in [0.717, 1.165) is 6.07 Å². The third kappa shape index (κ3) is 2.50. The molecule has 0 aliphatic carbocycles.